The van der Waals surface area contributed by atoms with Gasteiger partial charge in [-0.05, 0) is 57.2 Å². The predicted octanol–water partition coefficient (Wildman–Crippen LogP) is 3.51. The first-order valence-corrected chi connectivity index (χ1v) is 9.70. The highest BCUT2D eigenvalue weighted by atomic mass is 16.1. The van der Waals surface area contributed by atoms with Crippen molar-refractivity contribution in [1.29, 1.82) is 0 Å². The van der Waals surface area contributed by atoms with Crippen LogP contribution in [0.5, 0.6) is 0 Å². The van der Waals surface area contributed by atoms with Crippen LogP contribution in [0, 0.1) is 12.3 Å². The Hall–Kier alpha value is -2.39. The summed E-state index contributed by atoms with van der Waals surface area (Å²) in [5, 5.41) is 11.1. The number of terminal acetylenes is 1. The zero-order valence-corrected chi connectivity index (χ0v) is 16.3. The number of nitrogens with one attached hydrogen (secondary N) is 1. The summed E-state index contributed by atoms with van der Waals surface area (Å²) in [6, 6.07) is 8.67. The van der Waals surface area contributed by atoms with Crippen LogP contribution >= 0.6 is 0 Å². The topological polar surface area (TPSA) is 60.3 Å². The van der Waals surface area contributed by atoms with Crippen LogP contribution in [0.2, 0.25) is 0 Å². The number of nitrogens with zero attached hydrogens (tertiary/aromatic N) is 4. The summed E-state index contributed by atoms with van der Waals surface area (Å²) < 4.78 is 0. The molecule has 1 N–H and O–H groups in total. The number of benzene rings is 1. The Morgan fingerprint density at radius 3 is 2.56 bits per heavy atom. The van der Waals surface area contributed by atoms with E-state index in [1.807, 2.05) is 12.1 Å². The number of likely N-dealkylation sites (tertiary alicyclic amines) is 1. The Morgan fingerprint density at radius 1 is 1.30 bits per heavy atom. The van der Waals surface area contributed by atoms with Gasteiger partial charge in [-0.1, -0.05) is 0 Å². The second kappa shape index (κ2) is 8.53. The molecule has 0 unspecified atom stereocenters. The Morgan fingerprint density at radius 2 is 1.96 bits per heavy atom. The van der Waals surface area contributed by atoms with Gasteiger partial charge in [0, 0.05) is 50.1 Å². The minimum atomic E-state index is -0.398. The van der Waals surface area contributed by atoms with Crippen molar-refractivity contribution >= 4 is 17.3 Å². The van der Waals surface area contributed by atoms with E-state index in [1.54, 1.807) is 0 Å². The maximum Gasteiger partial charge on any atom is 0.224 e. The number of rotatable bonds is 8. The molecule has 0 aliphatic carbocycles. The Kier molecular flexibility index (Phi) is 6.12. The fourth-order valence-electron chi connectivity index (χ4n) is 3.58. The lowest BCUT2D eigenvalue weighted by Crippen LogP contribution is -2.41. The van der Waals surface area contributed by atoms with Crippen LogP contribution in [0.4, 0.5) is 11.4 Å². The van der Waals surface area contributed by atoms with Gasteiger partial charge >= 0.3 is 0 Å². The summed E-state index contributed by atoms with van der Waals surface area (Å²) in [5.74, 6) is 2.59. The van der Waals surface area contributed by atoms with E-state index in [1.165, 1.54) is 18.5 Å². The van der Waals surface area contributed by atoms with Crippen molar-refractivity contribution in [2.45, 2.75) is 50.2 Å². The highest BCUT2D eigenvalue weighted by molar-refractivity contribution is 5.90. The van der Waals surface area contributed by atoms with Gasteiger partial charge in [-0.15, -0.1) is 12.3 Å². The fourth-order valence-corrected chi connectivity index (χ4v) is 3.58. The molecule has 0 aromatic heterocycles. The molecule has 1 fully saturated rings. The van der Waals surface area contributed by atoms with Crippen LogP contribution in [-0.2, 0) is 4.79 Å². The summed E-state index contributed by atoms with van der Waals surface area (Å²) in [6.45, 7) is 2.29. The molecule has 2 aliphatic heterocycles. The summed E-state index contributed by atoms with van der Waals surface area (Å²) in [7, 11) is 4.33. The van der Waals surface area contributed by atoms with Gasteiger partial charge in [0.25, 0.3) is 0 Å². The van der Waals surface area contributed by atoms with Crippen molar-refractivity contribution < 1.29 is 4.79 Å². The zero-order chi connectivity index (χ0) is 19.3. The summed E-state index contributed by atoms with van der Waals surface area (Å²) in [5.41, 5.74) is 1.61. The SMILES string of the molecule is C#CCCC1(CCC(=O)Nc2ccc(N(C)C3CCN(C)CC3)cc2)N=N1. The van der Waals surface area contributed by atoms with Crippen molar-refractivity contribution in [3.8, 4) is 12.3 Å². The maximum atomic E-state index is 12.2. The number of amides is 1. The lowest BCUT2D eigenvalue weighted by molar-refractivity contribution is -0.116. The van der Waals surface area contributed by atoms with E-state index in [0.717, 1.165) is 25.2 Å². The lowest BCUT2D eigenvalue weighted by atomic mass is 10.0. The van der Waals surface area contributed by atoms with Crippen LogP contribution in [0.3, 0.4) is 0 Å². The van der Waals surface area contributed by atoms with Gasteiger partial charge in [-0.3, -0.25) is 4.79 Å². The van der Waals surface area contributed by atoms with E-state index in [2.05, 4.69) is 57.5 Å². The molecule has 2 heterocycles. The number of carbonyl (C=O) groups excluding carboxylic acids is 1. The standard InChI is InChI=1S/C21H29N5O/c1-4-5-13-21(23-24-21)14-10-20(27)22-17-6-8-18(9-7-17)26(3)19-11-15-25(2)16-12-19/h1,6-9,19H,5,10-16H2,2-3H3,(H,22,27). The van der Waals surface area contributed by atoms with E-state index in [-0.39, 0.29) is 5.91 Å². The molecule has 1 saturated heterocycles. The molecule has 144 valence electrons. The number of carbonyl (C=O) groups is 1. The summed E-state index contributed by atoms with van der Waals surface area (Å²) >= 11 is 0. The molecular formula is C21H29N5O. The lowest BCUT2D eigenvalue weighted by Gasteiger charge is -2.36. The van der Waals surface area contributed by atoms with Crippen LogP contribution in [0.1, 0.15) is 38.5 Å². The molecule has 6 nitrogen and oxygen atoms in total. The first-order valence-electron chi connectivity index (χ1n) is 9.70. The molecule has 3 rings (SSSR count). The maximum absolute atomic E-state index is 12.2. The minimum absolute atomic E-state index is 0.0104. The molecule has 1 aromatic rings. The predicted molar refractivity (Wildman–Crippen MR) is 109 cm³/mol. The van der Waals surface area contributed by atoms with Crippen molar-refractivity contribution in [1.82, 2.24) is 4.90 Å². The van der Waals surface area contributed by atoms with Gasteiger partial charge in [0.05, 0.1) is 0 Å². The third-order valence-corrected chi connectivity index (χ3v) is 5.60. The molecule has 2 aliphatic rings. The second-order valence-corrected chi connectivity index (χ2v) is 7.63. The first-order chi connectivity index (χ1) is 13.0. The third-order valence-electron chi connectivity index (χ3n) is 5.60. The highest BCUT2D eigenvalue weighted by Gasteiger charge is 2.39. The van der Waals surface area contributed by atoms with Gasteiger partial charge in [-0.2, -0.15) is 10.2 Å². The minimum Gasteiger partial charge on any atom is -0.372 e. The Balaban J connectivity index is 1.46. The molecule has 0 spiro atoms. The third kappa shape index (κ3) is 5.30. The second-order valence-electron chi connectivity index (χ2n) is 7.63. The molecule has 1 aromatic carbocycles. The number of hydrogen-bond donors (Lipinski definition) is 1. The number of anilines is 2. The highest BCUT2D eigenvalue weighted by Crippen LogP contribution is 2.37. The van der Waals surface area contributed by atoms with Crippen molar-refractivity contribution in [3.63, 3.8) is 0 Å². The zero-order valence-electron chi connectivity index (χ0n) is 16.3. The Labute approximate surface area is 162 Å². The van der Waals surface area contributed by atoms with Gasteiger partial charge in [0.1, 0.15) is 0 Å². The Bertz CT molecular complexity index is 707. The van der Waals surface area contributed by atoms with Crippen molar-refractivity contribution in [2.75, 3.05) is 37.4 Å². The van der Waals surface area contributed by atoms with Gasteiger partial charge in [0.15, 0.2) is 5.66 Å². The number of hydrogen-bond acceptors (Lipinski definition) is 5. The molecule has 27 heavy (non-hydrogen) atoms. The van der Waals surface area contributed by atoms with E-state index in [0.29, 0.717) is 25.3 Å². The van der Waals surface area contributed by atoms with Crippen molar-refractivity contribution in [3.05, 3.63) is 24.3 Å². The van der Waals surface area contributed by atoms with E-state index >= 15 is 0 Å². The van der Waals surface area contributed by atoms with Gasteiger partial charge in [0.2, 0.25) is 5.91 Å². The molecule has 0 atom stereocenters. The quantitative estimate of drug-likeness (QED) is 0.715. The van der Waals surface area contributed by atoms with Gasteiger partial charge in [-0.25, -0.2) is 0 Å². The smallest absolute Gasteiger partial charge is 0.224 e. The van der Waals surface area contributed by atoms with E-state index < -0.39 is 5.66 Å². The van der Waals surface area contributed by atoms with E-state index in [4.69, 9.17) is 6.42 Å². The monoisotopic (exact) mass is 367 g/mol. The van der Waals surface area contributed by atoms with Crippen LogP contribution < -0.4 is 10.2 Å². The van der Waals surface area contributed by atoms with E-state index in [9.17, 15) is 4.79 Å². The summed E-state index contributed by atoms with van der Waals surface area (Å²) in [6.07, 6.45) is 10.0. The molecule has 6 heteroatoms. The normalized spacial score (nSPS) is 18.7. The molecule has 0 bridgehead atoms. The average Bonchev–Trinajstić information content (AvgIpc) is 3.46. The first kappa shape index (κ1) is 19.4. The van der Waals surface area contributed by atoms with Crippen molar-refractivity contribution in [2.24, 2.45) is 10.2 Å². The molecular weight excluding hydrogens is 338 g/mol. The molecule has 1 amide bonds. The van der Waals surface area contributed by atoms with Crippen LogP contribution in [-0.4, -0.2) is 49.7 Å². The molecule has 0 radical (unpaired) electrons. The van der Waals surface area contributed by atoms with Gasteiger partial charge < -0.3 is 15.1 Å². The number of piperidine rings is 1. The molecule has 0 saturated carbocycles. The largest absolute Gasteiger partial charge is 0.372 e. The van der Waals surface area contributed by atoms with Crippen LogP contribution in [0.15, 0.2) is 34.5 Å². The fraction of sp³-hybridized carbons (Fsp3) is 0.571. The summed E-state index contributed by atoms with van der Waals surface area (Å²) in [4.78, 5) is 16.9. The van der Waals surface area contributed by atoms with Crippen LogP contribution in [0.25, 0.3) is 0 Å². The average molecular weight is 367 g/mol.